The molecule has 2 aliphatic rings. The van der Waals surface area contributed by atoms with E-state index in [9.17, 15) is 0 Å². The fraction of sp³-hybridized carbons (Fsp3) is 0. The molecule has 274 valence electrons. The summed E-state index contributed by atoms with van der Waals surface area (Å²) in [6.07, 6.45) is 0. The largest absolute Gasteiger partial charge is 0.311 e. The Morgan fingerprint density at radius 1 is 0.356 bits per heavy atom. The number of para-hydroxylation sites is 7. The molecule has 13 rings (SSSR count). The zero-order valence-electron chi connectivity index (χ0n) is 32.1. The molecule has 0 N–H and O–H groups in total. The summed E-state index contributed by atoms with van der Waals surface area (Å²) in [6.45, 7) is 0.0359. The molecule has 2 aliphatic heterocycles. The van der Waals surface area contributed by atoms with Gasteiger partial charge in [0, 0.05) is 66.9 Å². The highest BCUT2D eigenvalue weighted by molar-refractivity contribution is 7.00. The minimum Gasteiger partial charge on any atom is -0.311 e. The summed E-state index contributed by atoms with van der Waals surface area (Å²) in [5.41, 5.74) is 18.1. The SMILES string of the molecule is c1ccc(N(c2ccccc2)c2cc3c4c(c2)-n2c5ccc6c(c7ccccc7n6-c6ccccc6)c5c5cccc(c52)B4c2ccccc2N3c2ccccc2)cc1. The van der Waals surface area contributed by atoms with E-state index in [2.05, 4.69) is 231 Å². The average molecular weight is 751 g/mol. The van der Waals surface area contributed by atoms with Crippen molar-refractivity contribution >= 4 is 101 Å². The molecule has 0 amide bonds. The summed E-state index contributed by atoms with van der Waals surface area (Å²) >= 11 is 0. The first kappa shape index (κ1) is 32.3. The molecule has 11 aromatic rings. The molecule has 0 bridgehead atoms. The first-order chi connectivity index (χ1) is 29.3. The molecule has 0 atom stereocenters. The smallest absolute Gasteiger partial charge is 0.252 e. The van der Waals surface area contributed by atoms with Gasteiger partial charge in [-0.2, -0.15) is 0 Å². The minimum atomic E-state index is 0.0359. The van der Waals surface area contributed by atoms with Crippen LogP contribution in [0.4, 0.5) is 34.1 Å². The molecular formula is C54H35BN4. The van der Waals surface area contributed by atoms with E-state index < -0.39 is 0 Å². The van der Waals surface area contributed by atoms with Crippen LogP contribution in [-0.2, 0) is 0 Å². The van der Waals surface area contributed by atoms with E-state index in [1.807, 2.05) is 0 Å². The second kappa shape index (κ2) is 12.4. The molecule has 0 radical (unpaired) electrons. The predicted molar refractivity (Wildman–Crippen MR) is 249 cm³/mol. The molecule has 9 aromatic carbocycles. The van der Waals surface area contributed by atoms with E-state index in [-0.39, 0.29) is 6.71 Å². The molecular weight excluding hydrogens is 715 g/mol. The van der Waals surface area contributed by atoms with Crippen LogP contribution in [0.15, 0.2) is 212 Å². The van der Waals surface area contributed by atoms with Gasteiger partial charge in [-0.15, -0.1) is 0 Å². The lowest BCUT2D eigenvalue weighted by Crippen LogP contribution is -2.60. The molecule has 4 nitrogen and oxygen atoms in total. The first-order valence-corrected chi connectivity index (χ1v) is 20.4. The quantitative estimate of drug-likeness (QED) is 0.163. The standard InChI is InChI=1S/C54H35BN4/c1-5-18-36(19-6-1)56(37-20-7-2-8-21-37)40-34-49-53-50(35-40)59-48-33-32-47-51(41-26-13-15-30-45(41)57(47)38-22-9-3-10-23-38)52(48)42-27-17-29-44(54(42)59)55(53)43-28-14-16-31-46(43)58(49)39-24-11-4-12-25-39/h1-35H. The van der Waals surface area contributed by atoms with Crippen LogP contribution >= 0.6 is 0 Å². The van der Waals surface area contributed by atoms with Gasteiger partial charge in [0.05, 0.1) is 22.2 Å². The summed E-state index contributed by atoms with van der Waals surface area (Å²) in [5.74, 6) is 0. The van der Waals surface area contributed by atoms with Gasteiger partial charge < -0.3 is 18.9 Å². The molecule has 2 aromatic heterocycles. The van der Waals surface area contributed by atoms with Crippen molar-refractivity contribution in [3.05, 3.63) is 212 Å². The van der Waals surface area contributed by atoms with Crippen LogP contribution < -0.4 is 26.2 Å². The van der Waals surface area contributed by atoms with Crippen molar-refractivity contribution in [2.45, 2.75) is 0 Å². The van der Waals surface area contributed by atoms with Crippen molar-refractivity contribution in [1.82, 2.24) is 9.13 Å². The minimum absolute atomic E-state index is 0.0359. The van der Waals surface area contributed by atoms with E-state index in [1.165, 1.54) is 77.1 Å². The zero-order chi connectivity index (χ0) is 38.6. The molecule has 0 aliphatic carbocycles. The Balaban J connectivity index is 1.21. The highest BCUT2D eigenvalue weighted by atomic mass is 15.2. The Kier molecular flexibility index (Phi) is 6.78. The van der Waals surface area contributed by atoms with Gasteiger partial charge in [-0.1, -0.05) is 127 Å². The molecule has 0 spiro atoms. The van der Waals surface area contributed by atoms with E-state index in [0.717, 1.165) is 28.4 Å². The van der Waals surface area contributed by atoms with Gasteiger partial charge in [0.25, 0.3) is 6.71 Å². The molecule has 4 heterocycles. The Bertz CT molecular complexity index is 3410. The second-order valence-electron chi connectivity index (χ2n) is 15.7. The highest BCUT2D eigenvalue weighted by Crippen LogP contribution is 2.47. The summed E-state index contributed by atoms with van der Waals surface area (Å²) < 4.78 is 5.03. The van der Waals surface area contributed by atoms with E-state index in [0.29, 0.717) is 0 Å². The third-order valence-corrected chi connectivity index (χ3v) is 12.6. The summed E-state index contributed by atoms with van der Waals surface area (Å²) in [7, 11) is 0. The van der Waals surface area contributed by atoms with Crippen LogP contribution in [0.3, 0.4) is 0 Å². The zero-order valence-corrected chi connectivity index (χ0v) is 32.1. The number of benzene rings is 9. The summed E-state index contributed by atoms with van der Waals surface area (Å²) in [5, 5.41) is 5.12. The van der Waals surface area contributed by atoms with Crippen molar-refractivity contribution in [2.24, 2.45) is 0 Å². The molecule has 59 heavy (non-hydrogen) atoms. The van der Waals surface area contributed by atoms with Crippen LogP contribution in [-0.4, -0.2) is 15.8 Å². The van der Waals surface area contributed by atoms with Crippen LogP contribution in [0.1, 0.15) is 0 Å². The Morgan fingerprint density at radius 2 is 0.898 bits per heavy atom. The molecule has 0 saturated carbocycles. The van der Waals surface area contributed by atoms with Crippen molar-refractivity contribution in [3.8, 4) is 11.4 Å². The molecule has 0 unspecified atom stereocenters. The number of anilines is 6. The van der Waals surface area contributed by atoms with E-state index >= 15 is 0 Å². The van der Waals surface area contributed by atoms with E-state index in [1.54, 1.807) is 0 Å². The third kappa shape index (κ3) is 4.50. The van der Waals surface area contributed by atoms with Gasteiger partial charge in [0.2, 0.25) is 0 Å². The number of aromatic nitrogens is 2. The third-order valence-electron chi connectivity index (χ3n) is 12.6. The fourth-order valence-electron chi connectivity index (χ4n) is 10.4. The van der Waals surface area contributed by atoms with Crippen molar-refractivity contribution in [3.63, 3.8) is 0 Å². The monoisotopic (exact) mass is 750 g/mol. The van der Waals surface area contributed by atoms with Gasteiger partial charge in [0.1, 0.15) is 0 Å². The lowest BCUT2D eigenvalue weighted by Gasteiger charge is -2.41. The predicted octanol–water partition coefficient (Wildman–Crippen LogP) is 12.0. The highest BCUT2D eigenvalue weighted by Gasteiger charge is 2.42. The van der Waals surface area contributed by atoms with Crippen LogP contribution in [0.5, 0.6) is 0 Å². The number of rotatable bonds is 5. The topological polar surface area (TPSA) is 16.3 Å². The Hall–Kier alpha value is -7.76. The van der Waals surface area contributed by atoms with Crippen LogP contribution in [0, 0.1) is 0 Å². The maximum Gasteiger partial charge on any atom is 0.252 e. The van der Waals surface area contributed by atoms with Crippen molar-refractivity contribution in [1.29, 1.82) is 0 Å². The second-order valence-corrected chi connectivity index (χ2v) is 15.7. The first-order valence-electron chi connectivity index (χ1n) is 20.4. The maximum absolute atomic E-state index is 2.60. The number of hydrogen-bond donors (Lipinski definition) is 0. The maximum atomic E-state index is 2.60. The number of nitrogens with zero attached hydrogens (tertiary/aromatic N) is 4. The van der Waals surface area contributed by atoms with E-state index in [4.69, 9.17) is 0 Å². The lowest BCUT2D eigenvalue weighted by molar-refractivity contribution is 1.16. The summed E-state index contributed by atoms with van der Waals surface area (Å²) in [4.78, 5) is 4.90. The molecule has 0 fully saturated rings. The Morgan fingerprint density at radius 3 is 1.63 bits per heavy atom. The molecule has 0 saturated heterocycles. The van der Waals surface area contributed by atoms with Gasteiger partial charge >= 0.3 is 0 Å². The Labute approximate surface area is 342 Å². The summed E-state index contributed by atoms with van der Waals surface area (Å²) in [6, 6.07) is 77.8. The van der Waals surface area contributed by atoms with Gasteiger partial charge in [-0.05, 0) is 101 Å². The number of hydrogen-bond acceptors (Lipinski definition) is 2. The lowest BCUT2D eigenvalue weighted by atomic mass is 9.34. The van der Waals surface area contributed by atoms with Gasteiger partial charge in [0.15, 0.2) is 0 Å². The fourth-order valence-corrected chi connectivity index (χ4v) is 10.4. The van der Waals surface area contributed by atoms with Crippen LogP contribution in [0.25, 0.3) is 55.0 Å². The average Bonchev–Trinajstić information content (AvgIpc) is 3.83. The van der Waals surface area contributed by atoms with Gasteiger partial charge in [-0.25, -0.2) is 0 Å². The van der Waals surface area contributed by atoms with Crippen molar-refractivity contribution in [2.75, 3.05) is 9.80 Å². The van der Waals surface area contributed by atoms with Crippen molar-refractivity contribution < 1.29 is 0 Å². The van der Waals surface area contributed by atoms with Crippen LogP contribution in [0.2, 0.25) is 0 Å². The van der Waals surface area contributed by atoms with Gasteiger partial charge in [-0.3, -0.25) is 0 Å². The normalized spacial score (nSPS) is 12.7. The molecule has 5 heteroatoms. The number of fused-ring (bicyclic) bond motifs is 11.